The van der Waals surface area contributed by atoms with E-state index in [9.17, 15) is 24.5 Å². The number of hydrogen-bond acceptors (Lipinski definition) is 9. The van der Waals surface area contributed by atoms with Crippen LogP contribution in [0.2, 0.25) is 0 Å². The zero-order valence-electron chi connectivity index (χ0n) is 18.0. The number of imide groups is 1. The van der Waals surface area contributed by atoms with E-state index in [1.807, 2.05) is 0 Å². The second kappa shape index (κ2) is 10.2. The maximum atomic E-state index is 12.6. The molecule has 10 nitrogen and oxygen atoms in total. The van der Waals surface area contributed by atoms with Crippen LogP contribution in [0.1, 0.15) is 18.1 Å². The van der Waals surface area contributed by atoms with E-state index in [0.717, 1.165) is 22.2 Å². The van der Waals surface area contributed by atoms with E-state index in [1.165, 1.54) is 39.4 Å². The normalized spacial score (nSPS) is 15.5. The molecule has 0 N–H and O–H groups in total. The Morgan fingerprint density at radius 2 is 1.85 bits per heavy atom. The van der Waals surface area contributed by atoms with Crippen molar-refractivity contribution in [3.63, 3.8) is 0 Å². The molecule has 1 heterocycles. The first kappa shape index (κ1) is 23.8. The summed E-state index contributed by atoms with van der Waals surface area (Å²) < 4.78 is 15.7. The minimum atomic E-state index is -1.03. The number of nitrogens with zero attached hydrogens (tertiary/aromatic N) is 2. The SMILES string of the molecule is COC(=O)[C@@H](C)N1C(=O)S/C(=C/c2ccc(OCc3ccc([N+](=O)[O-])cc3)c(OC)c2)C1=O. The molecular formula is C22H20N2O8S. The van der Waals surface area contributed by atoms with Crippen LogP contribution in [0.25, 0.3) is 6.08 Å². The maximum Gasteiger partial charge on any atom is 0.328 e. The number of methoxy groups -OCH3 is 2. The van der Waals surface area contributed by atoms with E-state index in [2.05, 4.69) is 4.74 Å². The number of rotatable bonds is 8. The molecular weight excluding hydrogens is 452 g/mol. The van der Waals surface area contributed by atoms with Gasteiger partial charge in [-0.15, -0.1) is 0 Å². The van der Waals surface area contributed by atoms with Gasteiger partial charge < -0.3 is 14.2 Å². The summed E-state index contributed by atoms with van der Waals surface area (Å²) in [6.07, 6.45) is 1.53. The van der Waals surface area contributed by atoms with Crippen LogP contribution in [0.5, 0.6) is 11.5 Å². The number of ether oxygens (including phenoxy) is 3. The Labute approximate surface area is 193 Å². The lowest BCUT2D eigenvalue weighted by Crippen LogP contribution is -2.42. The van der Waals surface area contributed by atoms with Crippen molar-refractivity contribution in [2.45, 2.75) is 19.6 Å². The molecule has 1 saturated heterocycles. The Morgan fingerprint density at radius 1 is 1.15 bits per heavy atom. The van der Waals surface area contributed by atoms with Crippen molar-refractivity contribution in [2.24, 2.45) is 0 Å². The van der Waals surface area contributed by atoms with Crippen molar-refractivity contribution in [1.82, 2.24) is 4.90 Å². The molecule has 2 aromatic carbocycles. The minimum absolute atomic E-state index is 0.00826. The van der Waals surface area contributed by atoms with Gasteiger partial charge in [0.05, 0.1) is 24.0 Å². The van der Waals surface area contributed by atoms with Gasteiger partial charge in [-0.05, 0) is 60.2 Å². The number of carbonyl (C=O) groups is 3. The van der Waals surface area contributed by atoms with Crippen LogP contribution in [0.3, 0.4) is 0 Å². The third-order valence-corrected chi connectivity index (χ3v) is 5.66. The molecule has 1 aliphatic heterocycles. The summed E-state index contributed by atoms with van der Waals surface area (Å²) >= 11 is 0.732. The number of nitro groups is 1. The Bertz CT molecular complexity index is 1130. The average molecular weight is 472 g/mol. The molecule has 2 amide bonds. The quantitative estimate of drug-likeness (QED) is 0.244. The molecule has 2 aromatic rings. The molecule has 172 valence electrons. The standard InChI is InChI=1S/C22H20N2O8S/c1-13(21(26)31-3)23-20(25)19(33-22(23)27)11-15-6-9-17(18(10-15)30-2)32-12-14-4-7-16(8-5-14)24(28)29/h4-11,13H,12H2,1-3H3/b19-11+/t13-/m1/s1. The van der Waals surface area contributed by atoms with Crippen molar-refractivity contribution < 1.29 is 33.5 Å². The molecule has 11 heteroatoms. The summed E-state index contributed by atoms with van der Waals surface area (Å²) in [6.45, 7) is 1.59. The van der Waals surface area contributed by atoms with E-state index in [1.54, 1.807) is 30.3 Å². The van der Waals surface area contributed by atoms with Crippen molar-refractivity contribution in [3.8, 4) is 11.5 Å². The highest BCUT2D eigenvalue weighted by atomic mass is 32.2. The Morgan fingerprint density at radius 3 is 2.45 bits per heavy atom. The number of non-ortho nitro benzene ring substituents is 1. The van der Waals surface area contributed by atoms with Crippen LogP contribution in [0, 0.1) is 10.1 Å². The zero-order chi connectivity index (χ0) is 24.1. The van der Waals surface area contributed by atoms with Crippen LogP contribution in [0.15, 0.2) is 47.4 Å². The molecule has 33 heavy (non-hydrogen) atoms. The first-order chi connectivity index (χ1) is 15.7. The highest BCUT2D eigenvalue weighted by molar-refractivity contribution is 8.18. The third-order valence-electron chi connectivity index (χ3n) is 4.78. The molecule has 0 saturated carbocycles. The van der Waals surface area contributed by atoms with E-state index in [4.69, 9.17) is 9.47 Å². The van der Waals surface area contributed by atoms with E-state index < -0.39 is 28.1 Å². The highest BCUT2D eigenvalue weighted by Crippen LogP contribution is 2.35. The van der Waals surface area contributed by atoms with Gasteiger partial charge in [-0.1, -0.05) is 6.07 Å². The fourth-order valence-electron chi connectivity index (χ4n) is 3.01. The summed E-state index contributed by atoms with van der Waals surface area (Å²) in [6, 6.07) is 9.94. The molecule has 0 spiro atoms. The number of thioether (sulfide) groups is 1. The topological polar surface area (TPSA) is 125 Å². The number of esters is 1. The first-order valence-corrected chi connectivity index (χ1v) is 10.5. The summed E-state index contributed by atoms with van der Waals surface area (Å²) in [5.41, 5.74) is 1.32. The molecule has 0 radical (unpaired) electrons. The molecule has 0 aliphatic carbocycles. The molecule has 1 atom stereocenters. The van der Waals surface area contributed by atoms with E-state index in [-0.39, 0.29) is 17.2 Å². The lowest BCUT2D eigenvalue weighted by atomic mass is 10.1. The summed E-state index contributed by atoms with van der Waals surface area (Å²) in [5.74, 6) is -0.441. The van der Waals surface area contributed by atoms with Gasteiger partial charge in [-0.3, -0.25) is 24.6 Å². The predicted octanol–water partition coefficient (Wildman–Crippen LogP) is 3.78. The highest BCUT2D eigenvalue weighted by Gasteiger charge is 2.41. The van der Waals surface area contributed by atoms with Crippen LogP contribution < -0.4 is 9.47 Å². The fourth-order valence-corrected chi connectivity index (χ4v) is 3.92. The van der Waals surface area contributed by atoms with Gasteiger partial charge in [0.25, 0.3) is 16.8 Å². The number of hydrogen-bond donors (Lipinski definition) is 0. The lowest BCUT2D eigenvalue weighted by Gasteiger charge is -2.18. The largest absolute Gasteiger partial charge is 0.493 e. The van der Waals surface area contributed by atoms with Crippen LogP contribution >= 0.6 is 11.8 Å². The van der Waals surface area contributed by atoms with Gasteiger partial charge in [0.1, 0.15) is 12.6 Å². The van der Waals surface area contributed by atoms with Crippen LogP contribution in [-0.2, 0) is 20.9 Å². The van der Waals surface area contributed by atoms with Crippen molar-refractivity contribution in [2.75, 3.05) is 14.2 Å². The van der Waals surface area contributed by atoms with E-state index >= 15 is 0 Å². The molecule has 0 aromatic heterocycles. The summed E-state index contributed by atoms with van der Waals surface area (Å²) in [7, 11) is 2.65. The van der Waals surface area contributed by atoms with Gasteiger partial charge in [0.2, 0.25) is 0 Å². The smallest absolute Gasteiger partial charge is 0.328 e. The van der Waals surface area contributed by atoms with Crippen molar-refractivity contribution in [1.29, 1.82) is 0 Å². The number of nitro benzene ring substituents is 1. The molecule has 0 bridgehead atoms. The van der Waals surface area contributed by atoms with Crippen molar-refractivity contribution >= 4 is 40.6 Å². The van der Waals surface area contributed by atoms with Gasteiger partial charge in [0.15, 0.2) is 11.5 Å². The third kappa shape index (κ3) is 5.32. The van der Waals surface area contributed by atoms with Crippen molar-refractivity contribution in [3.05, 3.63) is 68.6 Å². The van der Waals surface area contributed by atoms with Gasteiger partial charge in [-0.25, -0.2) is 4.79 Å². The Hall–Kier alpha value is -3.86. The minimum Gasteiger partial charge on any atom is -0.493 e. The zero-order valence-corrected chi connectivity index (χ0v) is 18.8. The van der Waals surface area contributed by atoms with Crippen LogP contribution in [0.4, 0.5) is 10.5 Å². The predicted molar refractivity (Wildman–Crippen MR) is 120 cm³/mol. The monoisotopic (exact) mass is 472 g/mol. The number of carbonyl (C=O) groups excluding carboxylic acids is 3. The molecule has 1 fully saturated rings. The van der Waals surface area contributed by atoms with Crippen LogP contribution in [-0.4, -0.2) is 47.2 Å². The number of amides is 2. The number of benzene rings is 2. The Balaban J connectivity index is 1.74. The Kier molecular flexibility index (Phi) is 7.34. The fraction of sp³-hybridized carbons (Fsp3) is 0.227. The second-order valence-corrected chi connectivity index (χ2v) is 7.87. The second-order valence-electron chi connectivity index (χ2n) is 6.87. The summed E-state index contributed by atoms with van der Waals surface area (Å²) in [4.78, 5) is 47.9. The van der Waals surface area contributed by atoms with Gasteiger partial charge in [-0.2, -0.15) is 0 Å². The summed E-state index contributed by atoms with van der Waals surface area (Å²) in [5, 5.41) is 10.2. The maximum absolute atomic E-state index is 12.6. The molecule has 1 aliphatic rings. The molecule has 3 rings (SSSR count). The van der Waals surface area contributed by atoms with E-state index in [0.29, 0.717) is 17.1 Å². The van der Waals surface area contributed by atoms with Gasteiger partial charge in [0, 0.05) is 12.1 Å². The lowest BCUT2D eigenvalue weighted by molar-refractivity contribution is -0.384. The average Bonchev–Trinajstić information content (AvgIpc) is 3.09. The van der Waals surface area contributed by atoms with Gasteiger partial charge >= 0.3 is 5.97 Å². The first-order valence-electron chi connectivity index (χ1n) is 9.64. The molecule has 0 unspecified atom stereocenters.